The molecule has 1 fully saturated rings. The van der Waals surface area contributed by atoms with Crippen LogP contribution in [0.2, 0.25) is 0 Å². The van der Waals surface area contributed by atoms with E-state index < -0.39 is 52.4 Å². The van der Waals surface area contributed by atoms with E-state index in [1.165, 1.54) is 0 Å². The van der Waals surface area contributed by atoms with E-state index in [1.54, 1.807) is 42.2 Å². The number of hydrogen-bond acceptors (Lipinski definition) is 11. The predicted octanol–water partition coefficient (Wildman–Crippen LogP) is 0.627. The minimum absolute atomic E-state index is 0.0302. The molecule has 41 heavy (non-hydrogen) atoms. The number of aromatic nitrogens is 1. The first kappa shape index (κ1) is 30.4. The van der Waals surface area contributed by atoms with E-state index in [-0.39, 0.29) is 37.3 Å². The molecule has 0 bridgehead atoms. The Hall–Kier alpha value is -3.51. The standard InChI is InChI=1S/C24H23N3O10S4/c1-2-13(10-16-25(8-5-9-41(34,35)36)14-6-3-4-7-15(14)37-16)19-21(32)26(11-17(28)29)23(39-19)20-22(33)27(12-18(30)31)24(38)40-20/h3-4,6-7,10H,2,5,8-9,11-12H2,1H3,(H,28,29)(H,30,31)(H,34,35,36). The Balaban J connectivity index is 1.88. The molecule has 1 saturated heterocycles. The number of aliphatic carboxylic acids is 2. The molecule has 0 unspecified atom stereocenters. The maximum Gasteiger partial charge on any atom is 0.323 e. The second kappa shape index (κ2) is 12.2. The molecule has 13 nitrogen and oxygen atoms in total. The number of thiocarbonyl (C=S) groups is 1. The number of ether oxygens (including phenoxy) is 1. The maximum absolute atomic E-state index is 13.5. The minimum Gasteiger partial charge on any atom is -0.480 e. The van der Waals surface area contributed by atoms with Gasteiger partial charge in [0.15, 0.2) is 5.75 Å². The molecule has 3 heterocycles. The average Bonchev–Trinajstić information content (AvgIpc) is 3.49. The van der Waals surface area contributed by atoms with Crippen LogP contribution in [-0.4, -0.2) is 73.7 Å². The van der Waals surface area contributed by atoms with Crippen LogP contribution >= 0.6 is 35.3 Å². The number of fused-ring (bicyclic) bond motifs is 1. The van der Waals surface area contributed by atoms with Crippen molar-refractivity contribution in [1.29, 1.82) is 0 Å². The summed E-state index contributed by atoms with van der Waals surface area (Å²) in [7, 11) is -4.19. The van der Waals surface area contributed by atoms with Crippen molar-refractivity contribution in [1.82, 2.24) is 9.47 Å². The predicted molar refractivity (Wildman–Crippen MR) is 156 cm³/mol. The SMILES string of the molecule is CCC(C=C1Oc2ccccc2N1CCCS(=O)(=O)O)=c1sc(=C2SC(=S)N(CC(=O)O)C2=O)n(CC(=O)O)c1=O. The monoisotopic (exact) mass is 641 g/mol. The Morgan fingerprint density at radius 3 is 2.41 bits per heavy atom. The van der Waals surface area contributed by atoms with Crippen LogP contribution in [0.5, 0.6) is 5.75 Å². The number of amides is 1. The van der Waals surface area contributed by atoms with E-state index in [0.29, 0.717) is 23.4 Å². The van der Waals surface area contributed by atoms with Crippen LogP contribution in [0.4, 0.5) is 5.69 Å². The summed E-state index contributed by atoms with van der Waals surface area (Å²) in [6.07, 6.45) is 1.96. The number of rotatable bonds is 10. The number of benzene rings is 1. The zero-order valence-corrected chi connectivity index (χ0v) is 24.6. The molecule has 218 valence electrons. The molecule has 2 aromatic rings. The van der Waals surface area contributed by atoms with Crippen LogP contribution in [0.1, 0.15) is 19.8 Å². The summed E-state index contributed by atoms with van der Waals surface area (Å²) in [6.45, 7) is 0.507. The van der Waals surface area contributed by atoms with E-state index in [1.807, 2.05) is 0 Å². The van der Waals surface area contributed by atoms with Gasteiger partial charge in [-0.3, -0.25) is 33.2 Å². The fourth-order valence-electron chi connectivity index (χ4n) is 4.13. The van der Waals surface area contributed by atoms with E-state index >= 15 is 0 Å². The average molecular weight is 642 g/mol. The van der Waals surface area contributed by atoms with Gasteiger partial charge in [-0.2, -0.15) is 8.42 Å². The van der Waals surface area contributed by atoms with Gasteiger partial charge in [-0.05, 0) is 30.5 Å². The lowest BCUT2D eigenvalue weighted by molar-refractivity contribution is -0.140. The second-order valence-electron chi connectivity index (χ2n) is 8.73. The quantitative estimate of drug-likeness (QED) is 0.243. The third kappa shape index (κ3) is 6.70. The number of thioether (sulfide) groups is 1. The topological polar surface area (TPSA) is 184 Å². The van der Waals surface area contributed by atoms with Crippen LogP contribution in [0.25, 0.3) is 10.5 Å². The lowest BCUT2D eigenvalue weighted by atomic mass is 10.2. The van der Waals surface area contributed by atoms with E-state index in [2.05, 4.69) is 0 Å². The van der Waals surface area contributed by atoms with Crippen molar-refractivity contribution in [3.8, 4) is 5.75 Å². The van der Waals surface area contributed by atoms with Gasteiger partial charge in [0, 0.05) is 12.6 Å². The van der Waals surface area contributed by atoms with Crippen LogP contribution in [0, 0.1) is 0 Å². The molecule has 2 aliphatic heterocycles. The Morgan fingerprint density at radius 1 is 1.10 bits per heavy atom. The summed E-state index contributed by atoms with van der Waals surface area (Å²) in [5.41, 5.74) is 0.433. The molecule has 1 amide bonds. The van der Waals surface area contributed by atoms with Gasteiger partial charge in [0.2, 0.25) is 5.88 Å². The molecule has 1 aromatic heterocycles. The largest absolute Gasteiger partial charge is 0.480 e. The van der Waals surface area contributed by atoms with Gasteiger partial charge in [0.25, 0.3) is 21.6 Å². The number of allylic oxidation sites excluding steroid dienone is 1. The highest BCUT2D eigenvalue weighted by Crippen LogP contribution is 2.39. The summed E-state index contributed by atoms with van der Waals surface area (Å²) in [5, 5.41) is 18.6. The Labute approximate surface area is 246 Å². The lowest BCUT2D eigenvalue weighted by Gasteiger charge is -2.18. The van der Waals surface area contributed by atoms with E-state index in [0.717, 1.165) is 32.6 Å². The Morgan fingerprint density at radius 2 is 1.78 bits per heavy atom. The van der Waals surface area contributed by atoms with Gasteiger partial charge in [0.05, 0.1) is 16.0 Å². The molecule has 1 aromatic carbocycles. The van der Waals surface area contributed by atoms with Crippen molar-refractivity contribution in [3.05, 3.63) is 55.8 Å². The molecule has 0 atom stereocenters. The van der Waals surface area contributed by atoms with Gasteiger partial charge in [-0.1, -0.05) is 43.0 Å². The van der Waals surface area contributed by atoms with Gasteiger partial charge in [0.1, 0.15) is 27.0 Å². The lowest BCUT2D eigenvalue weighted by Crippen LogP contribution is -2.37. The molecule has 0 aliphatic carbocycles. The van der Waals surface area contributed by atoms with E-state index in [9.17, 15) is 32.7 Å². The summed E-state index contributed by atoms with van der Waals surface area (Å²) in [5.74, 6) is -3.05. The van der Waals surface area contributed by atoms with Crippen LogP contribution in [-0.2, 0) is 31.0 Å². The second-order valence-corrected chi connectivity index (χ2v) is 12.9. The zero-order chi connectivity index (χ0) is 30.1. The number of hydrogen-bond donors (Lipinski definition) is 3. The summed E-state index contributed by atoms with van der Waals surface area (Å²) >= 11 is 6.82. The van der Waals surface area contributed by atoms with Crippen molar-refractivity contribution in [3.63, 3.8) is 0 Å². The number of carboxylic acids is 2. The highest BCUT2D eigenvalue weighted by atomic mass is 32.2. The molecule has 2 aliphatic rings. The molecule has 0 saturated carbocycles. The van der Waals surface area contributed by atoms with Crippen molar-refractivity contribution in [2.24, 2.45) is 0 Å². The number of anilines is 1. The fraction of sp³-hybridized carbons (Fsp3) is 0.292. The van der Waals surface area contributed by atoms with Gasteiger partial charge in [-0.25, -0.2) is 0 Å². The summed E-state index contributed by atoms with van der Waals surface area (Å²) < 4.78 is 38.7. The highest BCUT2D eigenvalue weighted by Gasteiger charge is 2.35. The smallest absolute Gasteiger partial charge is 0.323 e. The summed E-state index contributed by atoms with van der Waals surface area (Å²) in [6, 6.07) is 7.01. The van der Waals surface area contributed by atoms with Crippen molar-refractivity contribution in [2.75, 3.05) is 23.7 Å². The number of carbonyl (C=O) groups is 3. The highest BCUT2D eigenvalue weighted by molar-refractivity contribution is 8.30. The summed E-state index contributed by atoms with van der Waals surface area (Å²) in [4.78, 5) is 51.9. The van der Waals surface area contributed by atoms with Gasteiger partial charge in [-0.15, -0.1) is 11.3 Å². The van der Waals surface area contributed by atoms with Crippen LogP contribution in [0.15, 0.2) is 41.0 Å². The number of para-hydroxylation sites is 2. The normalized spacial score (nSPS) is 18.1. The number of carbonyl (C=O) groups excluding carboxylic acids is 1. The maximum atomic E-state index is 13.5. The molecule has 0 spiro atoms. The third-order valence-electron chi connectivity index (χ3n) is 5.90. The Kier molecular flexibility index (Phi) is 9.03. The molecule has 3 N–H and O–H groups in total. The molecular formula is C24H23N3O10S4. The molecule has 17 heteroatoms. The Bertz CT molecular complexity index is 1770. The van der Waals surface area contributed by atoms with Crippen LogP contribution in [0.3, 0.4) is 0 Å². The first-order chi connectivity index (χ1) is 19.3. The first-order valence-electron chi connectivity index (χ1n) is 12.0. The zero-order valence-electron chi connectivity index (χ0n) is 21.3. The first-order valence-corrected chi connectivity index (χ1v) is 15.6. The number of thiazole rings is 1. The third-order valence-corrected chi connectivity index (χ3v) is 9.53. The molecular weight excluding hydrogens is 619 g/mol. The van der Waals surface area contributed by atoms with Crippen molar-refractivity contribution in [2.45, 2.75) is 26.3 Å². The fourth-order valence-corrected chi connectivity index (χ4v) is 7.26. The van der Waals surface area contributed by atoms with Gasteiger partial charge >= 0.3 is 11.9 Å². The van der Waals surface area contributed by atoms with Crippen LogP contribution < -0.4 is 24.4 Å². The van der Waals surface area contributed by atoms with E-state index in [4.69, 9.17) is 26.6 Å². The molecule has 4 rings (SSSR count). The van der Waals surface area contributed by atoms with Crippen molar-refractivity contribution >= 4 is 83.8 Å². The number of nitrogens with zero attached hydrogens (tertiary/aromatic N) is 3. The molecule has 0 radical (unpaired) electrons. The number of carboxylic acid groups (broad SMARTS) is 2. The van der Waals surface area contributed by atoms with Gasteiger partial charge < -0.3 is 19.8 Å². The van der Waals surface area contributed by atoms with Crippen molar-refractivity contribution < 1.29 is 42.3 Å². The minimum atomic E-state index is -4.19.